The van der Waals surface area contributed by atoms with E-state index >= 15 is 0 Å². The first-order valence-corrected chi connectivity index (χ1v) is 7.86. The molecular formula is C15H32N3+. The van der Waals surface area contributed by atoms with E-state index < -0.39 is 0 Å². The molecule has 0 aliphatic carbocycles. The van der Waals surface area contributed by atoms with Crippen molar-refractivity contribution in [2.45, 2.75) is 26.2 Å². The van der Waals surface area contributed by atoms with Gasteiger partial charge in [-0.15, -0.1) is 0 Å². The van der Waals surface area contributed by atoms with Gasteiger partial charge < -0.3 is 14.3 Å². The molecule has 0 aromatic rings. The van der Waals surface area contributed by atoms with E-state index in [4.69, 9.17) is 0 Å². The largest absolute Gasteiger partial charge is 0.326 e. The molecule has 0 aromatic carbocycles. The molecule has 3 heteroatoms. The third-order valence-corrected chi connectivity index (χ3v) is 5.37. The molecular weight excluding hydrogens is 222 g/mol. The van der Waals surface area contributed by atoms with Crippen LogP contribution in [0.3, 0.4) is 0 Å². The van der Waals surface area contributed by atoms with Gasteiger partial charge in [-0.1, -0.05) is 0 Å². The van der Waals surface area contributed by atoms with Gasteiger partial charge in [0.15, 0.2) is 0 Å². The van der Waals surface area contributed by atoms with Gasteiger partial charge in [0.1, 0.15) is 0 Å². The molecule has 0 aromatic heterocycles. The predicted molar refractivity (Wildman–Crippen MR) is 77.7 cm³/mol. The zero-order chi connectivity index (χ0) is 13.0. The van der Waals surface area contributed by atoms with Crippen LogP contribution < -0.4 is 0 Å². The van der Waals surface area contributed by atoms with E-state index in [1.54, 1.807) is 0 Å². The summed E-state index contributed by atoms with van der Waals surface area (Å²) in [4.78, 5) is 5.11. The highest BCUT2D eigenvalue weighted by molar-refractivity contribution is 4.72. The van der Waals surface area contributed by atoms with Crippen LogP contribution in [-0.4, -0.2) is 80.7 Å². The van der Waals surface area contributed by atoms with Gasteiger partial charge in [-0.3, -0.25) is 0 Å². The molecule has 0 radical (unpaired) electrons. The summed E-state index contributed by atoms with van der Waals surface area (Å²) in [7, 11) is 4.67. The van der Waals surface area contributed by atoms with Gasteiger partial charge in [-0.05, 0) is 45.7 Å². The molecule has 0 N–H and O–H groups in total. The van der Waals surface area contributed by atoms with Crippen molar-refractivity contribution in [3.05, 3.63) is 0 Å². The Bertz CT molecular complexity index is 238. The molecule has 0 unspecified atom stereocenters. The quantitative estimate of drug-likeness (QED) is 0.702. The van der Waals surface area contributed by atoms with Crippen molar-refractivity contribution in [2.24, 2.45) is 5.92 Å². The molecule has 3 nitrogen and oxygen atoms in total. The van der Waals surface area contributed by atoms with Crippen molar-refractivity contribution in [3.63, 3.8) is 0 Å². The highest BCUT2D eigenvalue weighted by Crippen LogP contribution is 2.24. The number of likely N-dealkylation sites (tertiary alicyclic amines) is 1. The first-order valence-electron chi connectivity index (χ1n) is 7.86. The van der Waals surface area contributed by atoms with E-state index in [1.807, 2.05) is 0 Å². The Morgan fingerprint density at radius 1 is 1.06 bits per heavy atom. The Labute approximate surface area is 113 Å². The van der Waals surface area contributed by atoms with Gasteiger partial charge in [-0.25, -0.2) is 0 Å². The molecule has 2 aliphatic heterocycles. The van der Waals surface area contributed by atoms with Gasteiger partial charge in [0.25, 0.3) is 0 Å². The lowest BCUT2D eigenvalue weighted by Gasteiger charge is -2.40. The summed E-state index contributed by atoms with van der Waals surface area (Å²) in [5.41, 5.74) is 0. The second kappa shape index (κ2) is 6.36. The average molecular weight is 254 g/mol. The maximum atomic E-state index is 2.67. The SMILES string of the molecule is CC[N+]1(C)CCC(CCN2CCN(C)CC2)CC1. The Kier molecular flexibility index (Phi) is 5.05. The standard InChI is InChI=1S/C15H32N3/c1-4-18(3)13-6-15(7-14-18)5-8-17-11-9-16(2)10-12-17/h15H,4-14H2,1-3H3/q+1. The van der Waals surface area contributed by atoms with E-state index in [-0.39, 0.29) is 0 Å². The zero-order valence-corrected chi connectivity index (χ0v) is 12.7. The predicted octanol–water partition coefficient (Wildman–Crippen LogP) is 1.50. The van der Waals surface area contributed by atoms with E-state index in [2.05, 4.69) is 30.8 Å². The summed E-state index contributed by atoms with van der Waals surface area (Å²) in [6.07, 6.45) is 4.35. The fourth-order valence-electron chi connectivity index (χ4n) is 3.29. The first-order chi connectivity index (χ1) is 8.61. The molecule has 2 rings (SSSR count). The van der Waals surface area contributed by atoms with Crippen LogP contribution in [-0.2, 0) is 0 Å². The smallest absolute Gasteiger partial charge is 0.0787 e. The Morgan fingerprint density at radius 3 is 2.22 bits per heavy atom. The monoisotopic (exact) mass is 254 g/mol. The minimum absolute atomic E-state index is 1.00. The molecule has 0 spiro atoms. The maximum absolute atomic E-state index is 2.67. The van der Waals surface area contributed by atoms with Gasteiger partial charge >= 0.3 is 0 Å². The maximum Gasteiger partial charge on any atom is 0.0787 e. The van der Waals surface area contributed by atoms with Crippen molar-refractivity contribution >= 4 is 0 Å². The zero-order valence-electron chi connectivity index (χ0n) is 12.7. The van der Waals surface area contributed by atoms with Crippen molar-refractivity contribution in [3.8, 4) is 0 Å². The lowest BCUT2D eigenvalue weighted by atomic mass is 9.92. The Hall–Kier alpha value is -0.120. The topological polar surface area (TPSA) is 6.48 Å². The summed E-state index contributed by atoms with van der Waals surface area (Å²) in [6, 6.07) is 0. The number of hydrogen-bond acceptors (Lipinski definition) is 2. The van der Waals surface area contributed by atoms with E-state index in [1.165, 1.54) is 76.1 Å². The highest BCUT2D eigenvalue weighted by Gasteiger charge is 2.28. The summed E-state index contributed by atoms with van der Waals surface area (Å²) in [5.74, 6) is 1.00. The lowest BCUT2D eigenvalue weighted by molar-refractivity contribution is -0.913. The summed E-state index contributed by atoms with van der Waals surface area (Å²) < 4.78 is 1.31. The molecule has 2 saturated heterocycles. The van der Waals surface area contributed by atoms with Crippen LogP contribution in [0.15, 0.2) is 0 Å². The molecule has 0 saturated carbocycles. The fraction of sp³-hybridized carbons (Fsp3) is 1.00. The van der Waals surface area contributed by atoms with Crippen LogP contribution in [0.1, 0.15) is 26.2 Å². The normalized spacial score (nSPS) is 35.8. The third-order valence-electron chi connectivity index (χ3n) is 5.37. The molecule has 18 heavy (non-hydrogen) atoms. The summed E-state index contributed by atoms with van der Waals surface area (Å²) in [5, 5.41) is 0. The molecule has 0 amide bonds. The second-order valence-electron chi connectivity index (χ2n) is 6.76. The highest BCUT2D eigenvalue weighted by atomic mass is 15.3. The average Bonchev–Trinajstić information content (AvgIpc) is 2.40. The van der Waals surface area contributed by atoms with Gasteiger partial charge in [0, 0.05) is 26.2 Å². The fourth-order valence-corrected chi connectivity index (χ4v) is 3.29. The molecule has 0 atom stereocenters. The van der Waals surface area contributed by atoms with Crippen LogP contribution in [0.25, 0.3) is 0 Å². The van der Waals surface area contributed by atoms with Gasteiger partial charge in [-0.2, -0.15) is 0 Å². The van der Waals surface area contributed by atoms with E-state index in [0.717, 1.165) is 5.92 Å². The van der Waals surface area contributed by atoms with Crippen LogP contribution >= 0.6 is 0 Å². The number of rotatable bonds is 4. The molecule has 106 valence electrons. The Morgan fingerprint density at radius 2 is 1.67 bits per heavy atom. The van der Waals surface area contributed by atoms with Crippen LogP contribution in [0.2, 0.25) is 0 Å². The number of piperidine rings is 1. The lowest BCUT2D eigenvalue weighted by Crippen LogP contribution is -2.50. The summed E-state index contributed by atoms with van der Waals surface area (Å²) in [6.45, 7) is 12.9. The first kappa shape index (κ1) is 14.3. The van der Waals surface area contributed by atoms with Crippen molar-refractivity contribution in [2.75, 3.05) is 66.5 Å². The van der Waals surface area contributed by atoms with Gasteiger partial charge in [0.2, 0.25) is 0 Å². The molecule has 2 fully saturated rings. The molecule has 2 aliphatic rings. The number of nitrogens with zero attached hydrogens (tertiary/aromatic N) is 3. The van der Waals surface area contributed by atoms with E-state index in [0.29, 0.717) is 0 Å². The minimum atomic E-state index is 1.00. The van der Waals surface area contributed by atoms with Gasteiger partial charge in [0.05, 0.1) is 26.7 Å². The van der Waals surface area contributed by atoms with E-state index in [9.17, 15) is 0 Å². The minimum Gasteiger partial charge on any atom is -0.326 e. The molecule has 2 heterocycles. The van der Waals surface area contributed by atoms with Crippen molar-refractivity contribution in [1.82, 2.24) is 9.80 Å². The number of piperazine rings is 1. The van der Waals surface area contributed by atoms with Crippen LogP contribution in [0.5, 0.6) is 0 Å². The number of likely N-dealkylation sites (N-methyl/N-ethyl adjacent to an activating group) is 1. The second-order valence-corrected chi connectivity index (χ2v) is 6.76. The third kappa shape index (κ3) is 3.94. The summed E-state index contributed by atoms with van der Waals surface area (Å²) >= 11 is 0. The number of quaternary nitrogens is 1. The van der Waals surface area contributed by atoms with Crippen LogP contribution in [0.4, 0.5) is 0 Å². The Balaban J connectivity index is 1.63. The van der Waals surface area contributed by atoms with Crippen molar-refractivity contribution in [1.29, 1.82) is 0 Å². The van der Waals surface area contributed by atoms with Crippen LogP contribution in [0, 0.1) is 5.92 Å². The molecule has 0 bridgehead atoms. The number of hydrogen-bond donors (Lipinski definition) is 0. The van der Waals surface area contributed by atoms with Crippen molar-refractivity contribution < 1.29 is 4.48 Å².